The second-order valence-electron chi connectivity index (χ2n) is 7.75. The molecule has 1 saturated heterocycles. The van der Waals surface area contributed by atoms with Crippen molar-refractivity contribution in [2.24, 2.45) is 5.92 Å². The molecule has 4 nitrogen and oxygen atoms in total. The molecule has 1 heterocycles. The lowest BCUT2D eigenvalue weighted by molar-refractivity contribution is 0.0724. The average molecular weight is 374 g/mol. The summed E-state index contributed by atoms with van der Waals surface area (Å²) in [7, 11) is 0. The summed E-state index contributed by atoms with van der Waals surface area (Å²) in [6, 6.07) is 8.41. The van der Waals surface area contributed by atoms with Crippen molar-refractivity contribution in [1.29, 1.82) is 0 Å². The van der Waals surface area contributed by atoms with Crippen LogP contribution in [-0.2, 0) is 6.54 Å². The van der Waals surface area contributed by atoms with Crippen LogP contribution in [-0.4, -0.2) is 35.1 Å². The third kappa shape index (κ3) is 5.19. The van der Waals surface area contributed by atoms with E-state index < -0.39 is 0 Å². The molecule has 1 amide bonds. The van der Waals surface area contributed by atoms with Gasteiger partial charge in [0.15, 0.2) is 5.11 Å². The van der Waals surface area contributed by atoms with E-state index in [9.17, 15) is 4.79 Å². The number of piperidine rings is 1. The molecule has 1 saturated carbocycles. The summed E-state index contributed by atoms with van der Waals surface area (Å²) in [6.45, 7) is 4.72. The number of nitrogens with one attached hydrogen (secondary N) is 2. The minimum Gasteiger partial charge on any atom is -0.360 e. The van der Waals surface area contributed by atoms with Crippen LogP contribution >= 0.6 is 12.2 Å². The van der Waals surface area contributed by atoms with Gasteiger partial charge in [0.25, 0.3) is 5.91 Å². The number of rotatable bonds is 4. The van der Waals surface area contributed by atoms with Crippen LogP contribution in [0.3, 0.4) is 0 Å². The fourth-order valence-corrected chi connectivity index (χ4v) is 4.25. The van der Waals surface area contributed by atoms with Crippen molar-refractivity contribution < 1.29 is 4.79 Å². The predicted octanol–water partition coefficient (Wildman–Crippen LogP) is 3.86. The molecule has 2 atom stereocenters. The Morgan fingerprint density at radius 2 is 1.92 bits per heavy atom. The number of thiocarbonyl (C=S) groups is 1. The number of likely N-dealkylation sites (tertiary alicyclic amines) is 1. The molecule has 142 valence electrons. The van der Waals surface area contributed by atoms with Gasteiger partial charge in [0.05, 0.1) is 0 Å². The van der Waals surface area contributed by atoms with Crippen LogP contribution in [0, 0.1) is 5.92 Å². The van der Waals surface area contributed by atoms with E-state index in [4.69, 9.17) is 12.2 Å². The third-order valence-electron chi connectivity index (χ3n) is 5.70. The number of benzene rings is 1. The summed E-state index contributed by atoms with van der Waals surface area (Å²) in [5, 5.41) is 7.50. The Hall–Kier alpha value is -1.62. The van der Waals surface area contributed by atoms with E-state index in [0.717, 1.165) is 42.2 Å². The zero-order chi connectivity index (χ0) is 18.4. The van der Waals surface area contributed by atoms with Gasteiger partial charge in [0.2, 0.25) is 0 Å². The SMILES string of the molecule is CC1CCCCC1NC(=S)NCc1cccc(C(=O)N2CCCCC2)c1. The largest absolute Gasteiger partial charge is 0.360 e. The Bertz CT molecular complexity index is 627. The van der Waals surface area contributed by atoms with Crippen LogP contribution in [0.2, 0.25) is 0 Å². The molecule has 1 aromatic carbocycles. The lowest BCUT2D eigenvalue weighted by Crippen LogP contribution is -2.45. The molecule has 2 unspecified atom stereocenters. The number of carbonyl (C=O) groups excluding carboxylic acids is 1. The Balaban J connectivity index is 1.51. The van der Waals surface area contributed by atoms with Gasteiger partial charge in [-0.1, -0.05) is 31.9 Å². The van der Waals surface area contributed by atoms with E-state index in [-0.39, 0.29) is 5.91 Å². The normalized spacial score (nSPS) is 23.3. The van der Waals surface area contributed by atoms with Crippen molar-refractivity contribution in [2.75, 3.05) is 13.1 Å². The van der Waals surface area contributed by atoms with Crippen molar-refractivity contribution in [3.8, 4) is 0 Å². The smallest absolute Gasteiger partial charge is 0.253 e. The lowest BCUT2D eigenvalue weighted by Gasteiger charge is -2.30. The molecule has 1 aromatic rings. The number of nitrogens with zero attached hydrogens (tertiary/aromatic N) is 1. The maximum absolute atomic E-state index is 12.7. The minimum atomic E-state index is 0.156. The zero-order valence-electron chi connectivity index (χ0n) is 15.8. The third-order valence-corrected chi connectivity index (χ3v) is 5.96. The van der Waals surface area contributed by atoms with Gasteiger partial charge in [-0.05, 0) is 67.9 Å². The molecule has 0 radical (unpaired) electrons. The summed E-state index contributed by atoms with van der Waals surface area (Å²) in [4.78, 5) is 14.6. The van der Waals surface area contributed by atoms with Crippen molar-refractivity contribution in [1.82, 2.24) is 15.5 Å². The van der Waals surface area contributed by atoms with Crippen molar-refractivity contribution in [3.63, 3.8) is 0 Å². The Morgan fingerprint density at radius 3 is 2.69 bits per heavy atom. The van der Waals surface area contributed by atoms with Crippen molar-refractivity contribution in [3.05, 3.63) is 35.4 Å². The Kier molecular flexibility index (Phi) is 6.89. The number of hydrogen-bond donors (Lipinski definition) is 2. The highest BCUT2D eigenvalue weighted by molar-refractivity contribution is 7.80. The Labute approximate surface area is 162 Å². The molecule has 0 spiro atoms. The highest BCUT2D eigenvalue weighted by Gasteiger charge is 2.21. The van der Waals surface area contributed by atoms with E-state index >= 15 is 0 Å². The van der Waals surface area contributed by atoms with Crippen LogP contribution in [0.4, 0.5) is 0 Å². The standard InChI is InChI=1S/C21H31N3OS/c1-16-8-3-4-11-19(16)23-21(26)22-15-17-9-7-10-18(14-17)20(25)24-12-5-2-6-13-24/h7,9-10,14,16,19H,2-6,8,11-13,15H2,1H3,(H2,22,23,26). The second kappa shape index (κ2) is 9.36. The molecule has 3 rings (SSSR count). The molecule has 26 heavy (non-hydrogen) atoms. The summed E-state index contributed by atoms with van der Waals surface area (Å²) in [6.07, 6.45) is 8.56. The van der Waals surface area contributed by atoms with Crippen molar-refractivity contribution >= 4 is 23.2 Å². The van der Waals surface area contributed by atoms with E-state index in [1.54, 1.807) is 0 Å². The highest BCUT2D eigenvalue weighted by Crippen LogP contribution is 2.23. The summed E-state index contributed by atoms with van der Waals surface area (Å²) in [5.41, 5.74) is 1.87. The molecule has 2 aliphatic rings. The van der Waals surface area contributed by atoms with Gasteiger partial charge in [-0.15, -0.1) is 0 Å². The number of amides is 1. The maximum Gasteiger partial charge on any atom is 0.253 e. The highest BCUT2D eigenvalue weighted by atomic mass is 32.1. The summed E-state index contributed by atoms with van der Waals surface area (Å²) in [5.74, 6) is 0.831. The van der Waals surface area contributed by atoms with Gasteiger partial charge in [-0.2, -0.15) is 0 Å². The fraction of sp³-hybridized carbons (Fsp3) is 0.619. The molecule has 0 aromatic heterocycles. The number of carbonyl (C=O) groups is 1. The zero-order valence-corrected chi connectivity index (χ0v) is 16.6. The first kappa shape index (κ1) is 19.2. The predicted molar refractivity (Wildman–Crippen MR) is 110 cm³/mol. The number of hydrogen-bond acceptors (Lipinski definition) is 2. The lowest BCUT2D eigenvalue weighted by atomic mass is 9.86. The van der Waals surface area contributed by atoms with Crippen molar-refractivity contribution in [2.45, 2.75) is 64.5 Å². The van der Waals surface area contributed by atoms with E-state index in [1.807, 2.05) is 29.2 Å². The molecular formula is C21H31N3OS. The quantitative estimate of drug-likeness (QED) is 0.787. The molecule has 1 aliphatic heterocycles. The second-order valence-corrected chi connectivity index (χ2v) is 8.16. The van der Waals surface area contributed by atoms with E-state index in [2.05, 4.69) is 17.6 Å². The minimum absolute atomic E-state index is 0.156. The van der Waals surface area contributed by atoms with Gasteiger partial charge in [-0.25, -0.2) is 0 Å². The topological polar surface area (TPSA) is 44.4 Å². The monoisotopic (exact) mass is 373 g/mol. The van der Waals surface area contributed by atoms with Gasteiger partial charge >= 0.3 is 0 Å². The van der Waals surface area contributed by atoms with E-state index in [1.165, 1.54) is 32.1 Å². The first-order chi connectivity index (χ1) is 12.6. The molecule has 2 fully saturated rings. The van der Waals surface area contributed by atoms with Crippen LogP contribution < -0.4 is 10.6 Å². The first-order valence-corrected chi connectivity index (χ1v) is 10.5. The van der Waals surface area contributed by atoms with Crippen LogP contribution in [0.5, 0.6) is 0 Å². The van der Waals surface area contributed by atoms with E-state index in [0.29, 0.717) is 18.5 Å². The van der Waals surface area contributed by atoms with Crippen LogP contribution in [0.15, 0.2) is 24.3 Å². The maximum atomic E-state index is 12.7. The first-order valence-electron chi connectivity index (χ1n) is 10.1. The molecule has 0 bridgehead atoms. The van der Waals surface area contributed by atoms with Gasteiger partial charge in [0.1, 0.15) is 0 Å². The molecular weight excluding hydrogens is 342 g/mol. The van der Waals surface area contributed by atoms with Gasteiger partial charge in [-0.3, -0.25) is 4.79 Å². The van der Waals surface area contributed by atoms with Crippen LogP contribution in [0.25, 0.3) is 0 Å². The Morgan fingerprint density at radius 1 is 1.15 bits per heavy atom. The summed E-state index contributed by atoms with van der Waals surface area (Å²) < 4.78 is 0. The van der Waals surface area contributed by atoms with Gasteiger partial charge in [0, 0.05) is 31.2 Å². The van der Waals surface area contributed by atoms with Gasteiger partial charge < -0.3 is 15.5 Å². The molecule has 5 heteroatoms. The summed E-state index contributed by atoms with van der Waals surface area (Å²) >= 11 is 5.48. The molecule has 2 N–H and O–H groups in total. The fourth-order valence-electron chi connectivity index (χ4n) is 4.03. The van der Waals surface area contributed by atoms with Crippen LogP contribution in [0.1, 0.15) is 67.8 Å². The average Bonchev–Trinajstić information content (AvgIpc) is 2.68. The molecule has 1 aliphatic carbocycles.